The van der Waals surface area contributed by atoms with Crippen LogP contribution < -0.4 is 0 Å². The summed E-state index contributed by atoms with van der Waals surface area (Å²) >= 11 is 1.57. The Morgan fingerprint density at radius 1 is 1.33 bits per heavy atom. The van der Waals surface area contributed by atoms with Crippen molar-refractivity contribution in [3.63, 3.8) is 0 Å². The normalized spacial score (nSPS) is 11.5. The Hall–Kier alpha value is -0.960. The number of benzene rings is 1. The van der Waals surface area contributed by atoms with Crippen LogP contribution in [0, 0.1) is 0 Å². The highest BCUT2D eigenvalue weighted by Gasteiger charge is 2.20. The van der Waals surface area contributed by atoms with E-state index in [0.29, 0.717) is 11.8 Å². The van der Waals surface area contributed by atoms with Gasteiger partial charge in [-0.1, -0.05) is 20.8 Å². The van der Waals surface area contributed by atoms with E-state index in [-0.39, 0.29) is 11.2 Å². The van der Waals surface area contributed by atoms with E-state index in [1.54, 1.807) is 17.8 Å². The molecule has 1 rings (SSSR count). The van der Waals surface area contributed by atoms with Crippen molar-refractivity contribution in [2.24, 2.45) is 0 Å². The molecule has 1 aromatic rings. The molecular weight excluding hydrogens is 208 g/mol. The summed E-state index contributed by atoms with van der Waals surface area (Å²) in [4.78, 5) is 11.8. The first-order valence-electron chi connectivity index (χ1n) is 4.77. The van der Waals surface area contributed by atoms with Crippen molar-refractivity contribution in [3.05, 3.63) is 23.3 Å². The molecule has 2 nitrogen and oxygen atoms in total. The highest BCUT2D eigenvalue weighted by molar-refractivity contribution is 7.98. The van der Waals surface area contributed by atoms with E-state index in [9.17, 15) is 9.90 Å². The highest BCUT2D eigenvalue weighted by Crippen LogP contribution is 2.35. The molecule has 0 bridgehead atoms. The lowest BCUT2D eigenvalue weighted by Crippen LogP contribution is -2.12. The molecule has 0 fully saturated rings. The molecule has 3 heteroatoms. The second-order valence-corrected chi connectivity index (χ2v) is 5.36. The number of hydrogen-bond acceptors (Lipinski definition) is 3. The lowest BCUT2D eigenvalue weighted by molar-refractivity contribution is 0.112. The Labute approximate surface area is 94.7 Å². The molecular formula is C12H16O2S. The van der Waals surface area contributed by atoms with E-state index in [0.717, 1.165) is 10.5 Å². The van der Waals surface area contributed by atoms with Crippen LogP contribution in [0.2, 0.25) is 0 Å². The maximum absolute atomic E-state index is 10.8. The molecule has 0 aliphatic heterocycles. The first kappa shape index (κ1) is 12.1. The van der Waals surface area contributed by atoms with Gasteiger partial charge in [0.05, 0.1) is 5.56 Å². The lowest BCUT2D eigenvalue weighted by atomic mass is 9.85. The molecule has 0 unspecified atom stereocenters. The van der Waals surface area contributed by atoms with E-state index in [2.05, 4.69) is 0 Å². The van der Waals surface area contributed by atoms with Crippen molar-refractivity contribution in [2.45, 2.75) is 31.1 Å². The zero-order valence-electron chi connectivity index (χ0n) is 9.50. The molecule has 0 atom stereocenters. The Morgan fingerprint density at radius 2 is 1.93 bits per heavy atom. The van der Waals surface area contributed by atoms with Crippen LogP contribution in [0.5, 0.6) is 5.75 Å². The molecule has 0 aromatic heterocycles. The molecule has 82 valence electrons. The number of phenols is 1. The van der Waals surface area contributed by atoms with Crippen LogP contribution in [0.3, 0.4) is 0 Å². The summed E-state index contributed by atoms with van der Waals surface area (Å²) in [5.74, 6) is 0.107. The average Bonchev–Trinajstić information content (AvgIpc) is 2.16. The average molecular weight is 224 g/mol. The molecule has 0 spiro atoms. The quantitative estimate of drug-likeness (QED) is 0.619. The van der Waals surface area contributed by atoms with Crippen LogP contribution in [0.25, 0.3) is 0 Å². The van der Waals surface area contributed by atoms with Crippen molar-refractivity contribution < 1.29 is 9.90 Å². The third-order valence-corrected chi connectivity index (χ3v) is 2.99. The van der Waals surface area contributed by atoms with Gasteiger partial charge in [0, 0.05) is 10.5 Å². The molecule has 0 aliphatic carbocycles. The maximum Gasteiger partial charge on any atom is 0.153 e. The predicted molar refractivity (Wildman–Crippen MR) is 64.0 cm³/mol. The molecule has 1 aromatic carbocycles. The van der Waals surface area contributed by atoms with Crippen LogP contribution in [0.4, 0.5) is 0 Å². The van der Waals surface area contributed by atoms with Gasteiger partial charge in [-0.15, -0.1) is 11.8 Å². The molecule has 15 heavy (non-hydrogen) atoms. The maximum atomic E-state index is 10.8. The number of thioether (sulfide) groups is 1. The van der Waals surface area contributed by atoms with Gasteiger partial charge in [0.15, 0.2) is 6.29 Å². The third kappa shape index (κ3) is 2.53. The first-order valence-corrected chi connectivity index (χ1v) is 5.99. The Kier molecular flexibility index (Phi) is 3.45. The number of aldehydes is 1. The van der Waals surface area contributed by atoms with E-state index in [1.807, 2.05) is 33.1 Å². The largest absolute Gasteiger partial charge is 0.507 e. The smallest absolute Gasteiger partial charge is 0.153 e. The summed E-state index contributed by atoms with van der Waals surface area (Å²) in [6, 6.07) is 3.65. The fraction of sp³-hybridized carbons (Fsp3) is 0.417. The highest BCUT2D eigenvalue weighted by atomic mass is 32.2. The second-order valence-electron chi connectivity index (χ2n) is 4.48. The number of carbonyl (C=O) groups is 1. The van der Waals surface area contributed by atoms with E-state index in [4.69, 9.17) is 0 Å². The van der Waals surface area contributed by atoms with Crippen LogP contribution >= 0.6 is 11.8 Å². The summed E-state index contributed by atoms with van der Waals surface area (Å²) in [5, 5.41) is 9.90. The van der Waals surface area contributed by atoms with Gasteiger partial charge >= 0.3 is 0 Å². The number of hydrogen-bond donors (Lipinski definition) is 1. The summed E-state index contributed by atoms with van der Waals surface area (Å²) in [7, 11) is 0. The Balaban J connectivity index is 3.44. The Bertz CT molecular complexity index is 378. The van der Waals surface area contributed by atoms with Crippen molar-refractivity contribution in [3.8, 4) is 5.75 Å². The van der Waals surface area contributed by atoms with Crippen molar-refractivity contribution >= 4 is 18.0 Å². The van der Waals surface area contributed by atoms with E-state index >= 15 is 0 Å². The first-order chi connectivity index (χ1) is 6.90. The molecule has 0 heterocycles. The standard InChI is InChI=1S/C12H16O2S/c1-12(2,3)10-6-9(15-4)5-8(7-13)11(10)14/h5-7,14H,1-4H3. The van der Waals surface area contributed by atoms with Crippen LogP contribution in [-0.2, 0) is 5.41 Å². The number of phenolic OH excluding ortho intramolecular Hbond substituents is 1. The van der Waals surface area contributed by atoms with Crippen molar-refractivity contribution in [1.29, 1.82) is 0 Å². The van der Waals surface area contributed by atoms with Crippen LogP contribution in [0.15, 0.2) is 17.0 Å². The third-order valence-electron chi connectivity index (χ3n) is 2.28. The van der Waals surface area contributed by atoms with Gasteiger partial charge in [-0.2, -0.15) is 0 Å². The molecule has 0 aliphatic rings. The second kappa shape index (κ2) is 4.27. The predicted octanol–water partition coefficient (Wildman–Crippen LogP) is 3.22. The van der Waals surface area contributed by atoms with Gasteiger partial charge < -0.3 is 5.11 Å². The summed E-state index contributed by atoms with van der Waals surface area (Å²) < 4.78 is 0. The topological polar surface area (TPSA) is 37.3 Å². The monoisotopic (exact) mass is 224 g/mol. The lowest BCUT2D eigenvalue weighted by Gasteiger charge is -2.22. The summed E-state index contributed by atoms with van der Waals surface area (Å²) in [6.45, 7) is 6.04. The summed E-state index contributed by atoms with van der Waals surface area (Å²) in [6.07, 6.45) is 2.65. The molecule has 0 amide bonds. The van der Waals surface area contributed by atoms with Gasteiger partial charge in [-0.05, 0) is 23.8 Å². The SMILES string of the molecule is CSc1cc(C=O)c(O)c(C(C)(C)C)c1. The van der Waals surface area contributed by atoms with Gasteiger partial charge in [0.1, 0.15) is 5.75 Å². The zero-order chi connectivity index (χ0) is 11.6. The van der Waals surface area contributed by atoms with E-state index in [1.165, 1.54) is 0 Å². The number of aromatic hydroxyl groups is 1. The molecule has 1 N–H and O–H groups in total. The van der Waals surface area contributed by atoms with Crippen LogP contribution in [-0.4, -0.2) is 17.6 Å². The van der Waals surface area contributed by atoms with Gasteiger partial charge in [0.25, 0.3) is 0 Å². The van der Waals surface area contributed by atoms with Crippen molar-refractivity contribution in [1.82, 2.24) is 0 Å². The molecule has 0 radical (unpaired) electrons. The number of carbonyl (C=O) groups excluding carboxylic acids is 1. The van der Waals surface area contributed by atoms with E-state index < -0.39 is 0 Å². The molecule has 0 saturated carbocycles. The van der Waals surface area contributed by atoms with Gasteiger partial charge in [-0.25, -0.2) is 0 Å². The van der Waals surface area contributed by atoms with Crippen molar-refractivity contribution in [2.75, 3.05) is 6.26 Å². The fourth-order valence-corrected chi connectivity index (χ4v) is 1.89. The minimum absolute atomic E-state index is 0.107. The molecule has 0 saturated heterocycles. The zero-order valence-corrected chi connectivity index (χ0v) is 10.3. The minimum atomic E-state index is -0.159. The van der Waals surface area contributed by atoms with Gasteiger partial charge in [0.2, 0.25) is 0 Å². The minimum Gasteiger partial charge on any atom is -0.507 e. The number of rotatable bonds is 2. The Morgan fingerprint density at radius 3 is 2.33 bits per heavy atom. The van der Waals surface area contributed by atoms with Gasteiger partial charge in [-0.3, -0.25) is 4.79 Å². The van der Waals surface area contributed by atoms with Crippen LogP contribution in [0.1, 0.15) is 36.7 Å². The summed E-state index contributed by atoms with van der Waals surface area (Å²) in [5.41, 5.74) is 1.02. The fourth-order valence-electron chi connectivity index (χ4n) is 1.41.